The van der Waals surface area contributed by atoms with Crippen LogP contribution in [-0.4, -0.2) is 26.0 Å². The molecule has 5 heteroatoms. The molecule has 90 valence electrons. The Kier molecular flexibility index (Phi) is 4.41. The molecule has 0 aliphatic rings. The second kappa shape index (κ2) is 5.21. The van der Waals surface area contributed by atoms with E-state index in [1.54, 1.807) is 23.9 Å². The molecule has 1 aromatic rings. The molecule has 1 rings (SSSR count). The first-order chi connectivity index (χ1) is 7.30. The molecule has 1 aromatic carbocycles. The molecule has 0 radical (unpaired) electrons. The van der Waals surface area contributed by atoms with Crippen LogP contribution in [0.15, 0.2) is 34.1 Å². The summed E-state index contributed by atoms with van der Waals surface area (Å²) in [5.41, 5.74) is 5.77. The van der Waals surface area contributed by atoms with Gasteiger partial charge in [-0.3, -0.25) is 0 Å². The van der Waals surface area contributed by atoms with Crippen LogP contribution in [-0.2, 0) is 9.84 Å². The van der Waals surface area contributed by atoms with Crippen LogP contribution < -0.4 is 5.73 Å². The van der Waals surface area contributed by atoms with E-state index in [0.717, 1.165) is 4.90 Å². The maximum atomic E-state index is 11.2. The topological polar surface area (TPSA) is 60.2 Å². The van der Waals surface area contributed by atoms with Crippen LogP contribution in [0.3, 0.4) is 0 Å². The van der Waals surface area contributed by atoms with Crippen molar-refractivity contribution >= 4 is 21.6 Å². The fraction of sp³-hybridized carbons (Fsp3) is 0.455. The van der Waals surface area contributed by atoms with E-state index in [1.807, 2.05) is 19.1 Å². The Balaban J connectivity index is 2.80. The van der Waals surface area contributed by atoms with Crippen LogP contribution in [0, 0.1) is 0 Å². The van der Waals surface area contributed by atoms with Gasteiger partial charge in [-0.15, -0.1) is 11.8 Å². The summed E-state index contributed by atoms with van der Waals surface area (Å²) in [6.07, 6.45) is 1.21. The molecule has 2 N–H and O–H groups in total. The Morgan fingerprint density at radius 1 is 1.19 bits per heavy atom. The van der Waals surface area contributed by atoms with Crippen molar-refractivity contribution in [2.45, 2.75) is 34.9 Å². The van der Waals surface area contributed by atoms with Gasteiger partial charge in [-0.1, -0.05) is 6.92 Å². The lowest BCUT2D eigenvalue weighted by Gasteiger charge is -2.14. The molecule has 3 nitrogen and oxygen atoms in total. The summed E-state index contributed by atoms with van der Waals surface area (Å²) >= 11 is 1.65. The van der Waals surface area contributed by atoms with Gasteiger partial charge in [-0.25, -0.2) is 8.42 Å². The zero-order valence-electron chi connectivity index (χ0n) is 9.67. The Hall–Kier alpha value is -0.520. The van der Waals surface area contributed by atoms with Crippen LogP contribution >= 0.6 is 11.8 Å². The zero-order chi connectivity index (χ0) is 12.3. The summed E-state index contributed by atoms with van der Waals surface area (Å²) in [6.45, 7) is 4.02. The van der Waals surface area contributed by atoms with Crippen molar-refractivity contribution in [2.75, 3.05) is 6.26 Å². The van der Waals surface area contributed by atoms with E-state index >= 15 is 0 Å². The third-order valence-corrected chi connectivity index (χ3v) is 4.79. The summed E-state index contributed by atoms with van der Waals surface area (Å²) < 4.78 is 22.5. The van der Waals surface area contributed by atoms with Crippen LogP contribution in [0.25, 0.3) is 0 Å². The summed E-state index contributed by atoms with van der Waals surface area (Å²) in [4.78, 5) is 1.39. The highest BCUT2D eigenvalue weighted by Crippen LogP contribution is 2.25. The van der Waals surface area contributed by atoms with E-state index in [-0.39, 0.29) is 6.04 Å². The molecule has 0 spiro atoms. The highest BCUT2D eigenvalue weighted by Gasteiger charge is 2.10. The number of hydrogen-bond acceptors (Lipinski definition) is 4. The van der Waals surface area contributed by atoms with E-state index in [4.69, 9.17) is 5.73 Å². The van der Waals surface area contributed by atoms with Gasteiger partial charge in [0, 0.05) is 22.4 Å². The summed E-state index contributed by atoms with van der Waals surface area (Å²) in [6, 6.07) is 7.01. The van der Waals surface area contributed by atoms with Crippen molar-refractivity contribution in [3.05, 3.63) is 24.3 Å². The lowest BCUT2D eigenvalue weighted by atomic mass is 10.3. The number of nitrogens with two attached hydrogens (primary N) is 1. The molecule has 0 aliphatic heterocycles. The first-order valence-electron chi connectivity index (χ1n) is 5.03. The molecular weight excluding hydrogens is 242 g/mol. The van der Waals surface area contributed by atoms with Crippen molar-refractivity contribution in [3.8, 4) is 0 Å². The van der Waals surface area contributed by atoms with Gasteiger partial charge in [-0.2, -0.15) is 0 Å². The zero-order valence-corrected chi connectivity index (χ0v) is 11.3. The van der Waals surface area contributed by atoms with Gasteiger partial charge in [0.05, 0.1) is 4.90 Å². The van der Waals surface area contributed by atoms with Crippen molar-refractivity contribution in [3.63, 3.8) is 0 Å². The molecule has 0 heterocycles. The number of sulfone groups is 1. The van der Waals surface area contributed by atoms with E-state index in [1.165, 1.54) is 6.26 Å². The lowest BCUT2D eigenvalue weighted by molar-refractivity contribution is 0.602. The molecule has 2 unspecified atom stereocenters. The lowest BCUT2D eigenvalue weighted by Crippen LogP contribution is -2.26. The Bertz CT molecular complexity index is 438. The number of thioether (sulfide) groups is 1. The smallest absolute Gasteiger partial charge is 0.175 e. The van der Waals surface area contributed by atoms with Gasteiger partial charge in [0.1, 0.15) is 0 Å². The van der Waals surface area contributed by atoms with Gasteiger partial charge in [0.15, 0.2) is 9.84 Å². The monoisotopic (exact) mass is 259 g/mol. The Labute approximate surface area is 101 Å². The van der Waals surface area contributed by atoms with Gasteiger partial charge in [0.25, 0.3) is 0 Å². The van der Waals surface area contributed by atoms with E-state index in [0.29, 0.717) is 10.1 Å². The van der Waals surface area contributed by atoms with Crippen molar-refractivity contribution < 1.29 is 8.42 Å². The first kappa shape index (κ1) is 13.5. The molecule has 2 atom stereocenters. The minimum Gasteiger partial charge on any atom is -0.327 e. The minimum absolute atomic E-state index is 0.111. The maximum absolute atomic E-state index is 11.2. The normalized spacial score (nSPS) is 15.8. The standard InChI is InChI=1S/C11H17NO2S2/c1-8(12)9(2)15-10-4-6-11(7-5-10)16(3,13)14/h4-9H,12H2,1-3H3. The Morgan fingerprint density at radius 3 is 2.06 bits per heavy atom. The van der Waals surface area contributed by atoms with Crippen LogP contribution in [0.5, 0.6) is 0 Å². The van der Waals surface area contributed by atoms with Gasteiger partial charge in [-0.05, 0) is 31.2 Å². The third-order valence-electron chi connectivity index (χ3n) is 2.31. The van der Waals surface area contributed by atoms with Crippen molar-refractivity contribution in [2.24, 2.45) is 5.73 Å². The molecule has 0 saturated heterocycles. The number of hydrogen-bond donors (Lipinski definition) is 1. The fourth-order valence-corrected chi connectivity index (χ4v) is 2.66. The van der Waals surface area contributed by atoms with E-state index in [2.05, 4.69) is 6.92 Å². The SMILES string of the molecule is CC(N)C(C)Sc1ccc(S(C)(=O)=O)cc1. The van der Waals surface area contributed by atoms with Gasteiger partial charge < -0.3 is 5.73 Å². The van der Waals surface area contributed by atoms with E-state index in [9.17, 15) is 8.42 Å². The molecule has 0 saturated carbocycles. The van der Waals surface area contributed by atoms with Gasteiger partial charge >= 0.3 is 0 Å². The van der Waals surface area contributed by atoms with Crippen LogP contribution in [0.4, 0.5) is 0 Å². The number of benzene rings is 1. The van der Waals surface area contributed by atoms with Crippen LogP contribution in [0.1, 0.15) is 13.8 Å². The largest absolute Gasteiger partial charge is 0.327 e. The first-order valence-corrected chi connectivity index (χ1v) is 7.80. The summed E-state index contributed by atoms with van der Waals surface area (Å²) in [5.74, 6) is 0. The van der Waals surface area contributed by atoms with Crippen molar-refractivity contribution in [1.82, 2.24) is 0 Å². The molecule has 0 amide bonds. The molecule has 0 fully saturated rings. The Morgan fingerprint density at radius 2 is 1.69 bits per heavy atom. The average molecular weight is 259 g/mol. The summed E-state index contributed by atoms with van der Waals surface area (Å²) in [7, 11) is -3.10. The molecule has 0 aliphatic carbocycles. The number of rotatable bonds is 4. The quantitative estimate of drug-likeness (QED) is 0.839. The third kappa shape index (κ3) is 3.81. The second-order valence-electron chi connectivity index (χ2n) is 3.93. The average Bonchev–Trinajstić information content (AvgIpc) is 2.17. The maximum Gasteiger partial charge on any atom is 0.175 e. The molecule has 16 heavy (non-hydrogen) atoms. The predicted molar refractivity (Wildman–Crippen MR) is 68.5 cm³/mol. The van der Waals surface area contributed by atoms with E-state index < -0.39 is 9.84 Å². The van der Waals surface area contributed by atoms with Gasteiger partial charge in [0.2, 0.25) is 0 Å². The predicted octanol–water partition coefficient (Wildman–Crippen LogP) is 1.92. The highest BCUT2D eigenvalue weighted by atomic mass is 32.2. The molecular formula is C11H17NO2S2. The van der Waals surface area contributed by atoms with Crippen LogP contribution in [0.2, 0.25) is 0 Å². The molecule has 0 bridgehead atoms. The fourth-order valence-electron chi connectivity index (χ4n) is 1.09. The molecule has 0 aromatic heterocycles. The van der Waals surface area contributed by atoms with Crippen molar-refractivity contribution in [1.29, 1.82) is 0 Å². The highest BCUT2D eigenvalue weighted by molar-refractivity contribution is 8.00. The minimum atomic E-state index is -3.10. The summed E-state index contributed by atoms with van der Waals surface area (Å²) in [5, 5.41) is 0.309. The second-order valence-corrected chi connectivity index (χ2v) is 7.39.